The van der Waals surface area contributed by atoms with E-state index < -0.39 is 5.16 Å². The highest BCUT2D eigenvalue weighted by Crippen LogP contribution is 2.12. The molecule has 0 atom stereocenters. The molecular formula is C4H4N2P. The van der Waals surface area contributed by atoms with Crippen LogP contribution in [0.15, 0.2) is 0 Å². The number of hydrogen-bond donors (Lipinski definition) is 0. The zero-order valence-electron chi connectivity index (χ0n) is 3.89. The summed E-state index contributed by atoms with van der Waals surface area (Å²) in [7, 11) is 2.91. The molecule has 0 aliphatic rings. The smallest absolute Gasteiger partial charge is 0.160 e. The highest BCUT2D eigenvalue weighted by atomic mass is 31.0. The zero-order valence-corrected chi connectivity index (χ0v) is 4.89. The van der Waals surface area contributed by atoms with Gasteiger partial charge in [-0.05, 0) is 6.92 Å². The van der Waals surface area contributed by atoms with E-state index in [0.29, 0.717) is 0 Å². The minimum atomic E-state index is -1.00. The molecule has 0 N–H and O–H groups in total. The zero-order chi connectivity index (χ0) is 5.91. The maximum Gasteiger partial charge on any atom is 0.160 e. The predicted molar refractivity (Wildman–Crippen MR) is 27.9 cm³/mol. The van der Waals surface area contributed by atoms with Crippen LogP contribution < -0.4 is 0 Å². The van der Waals surface area contributed by atoms with E-state index >= 15 is 0 Å². The molecule has 2 nitrogen and oxygen atoms in total. The third kappa shape index (κ3) is 2.15. The van der Waals surface area contributed by atoms with Gasteiger partial charge in [0.25, 0.3) is 0 Å². The molecule has 0 fully saturated rings. The third-order valence-electron chi connectivity index (χ3n) is 0.447. The Hall–Kier alpha value is -0.590. The first-order chi connectivity index (χ1) is 3.12. The Morgan fingerprint density at radius 2 is 1.71 bits per heavy atom. The number of nitrogens with zero attached hydrogens (tertiary/aromatic N) is 2. The second kappa shape index (κ2) is 1.92. The second-order valence-electron chi connectivity index (χ2n) is 1.35. The molecule has 3 heteroatoms. The summed E-state index contributed by atoms with van der Waals surface area (Å²) in [5, 5.41) is 15.1. The lowest BCUT2D eigenvalue weighted by molar-refractivity contribution is 1.04. The normalized spacial score (nSPS) is 9.14. The van der Waals surface area contributed by atoms with Gasteiger partial charge in [0.15, 0.2) is 5.16 Å². The summed E-state index contributed by atoms with van der Waals surface area (Å²) in [5.41, 5.74) is 0. The van der Waals surface area contributed by atoms with Crippen molar-refractivity contribution in [2.75, 3.05) is 0 Å². The van der Waals surface area contributed by atoms with E-state index in [1.165, 1.54) is 6.92 Å². The van der Waals surface area contributed by atoms with Gasteiger partial charge >= 0.3 is 0 Å². The number of nitriles is 2. The van der Waals surface area contributed by atoms with Gasteiger partial charge in [-0.1, -0.05) is 9.24 Å². The van der Waals surface area contributed by atoms with Crippen molar-refractivity contribution < 1.29 is 0 Å². The van der Waals surface area contributed by atoms with Crippen LogP contribution in [0.25, 0.3) is 0 Å². The van der Waals surface area contributed by atoms with E-state index in [2.05, 4.69) is 9.24 Å². The molecule has 0 aromatic heterocycles. The molecule has 35 valence electrons. The lowest BCUT2D eigenvalue weighted by Crippen LogP contribution is -2.06. The van der Waals surface area contributed by atoms with Crippen LogP contribution in [0.5, 0.6) is 0 Å². The first kappa shape index (κ1) is 6.41. The summed E-state index contributed by atoms with van der Waals surface area (Å²) in [6.07, 6.45) is 0. The van der Waals surface area contributed by atoms with E-state index in [9.17, 15) is 0 Å². The van der Waals surface area contributed by atoms with Gasteiger partial charge in [-0.25, -0.2) is 0 Å². The summed E-state index contributed by atoms with van der Waals surface area (Å²) in [6, 6.07) is 3.49. The molecule has 0 heterocycles. The summed E-state index contributed by atoms with van der Waals surface area (Å²) in [4.78, 5) is 0. The SMILES string of the molecule is CC([PH])(C#N)C#N. The summed E-state index contributed by atoms with van der Waals surface area (Å²) in [6.45, 7) is 1.49. The molecule has 1 radical (unpaired) electrons. The van der Waals surface area contributed by atoms with Crippen molar-refractivity contribution in [3.63, 3.8) is 0 Å². The molecule has 0 aliphatic heterocycles. The second-order valence-corrected chi connectivity index (χ2v) is 2.35. The van der Waals surface area contributed by atoms with Crippen molar-refractivity contribution in [1.82, 2.24) is 0 Å². The molecular weight excluding hydrogens is 107 g/mol. The lowest BCUT2D eigenvalue weighted by atomic mass is 10.2. The van der Waals surface area contributed by atoms with Gasteiger partial charge in [-0.3, -0.25) is 0 Å². The van der Waals surface area contributed by atoms with E-state index in [1.807, 2.05) is 0 Å². The molecule has 0 saturated heterocycles. The summed E-state index contributed by atoms with van der Waals surface area (Å²) >= 11 is 0. The molecule has 0 aromatic carbocycles. The van der Waals surface area contributed by atoms with Crippen molar-refractivity contribution in [3.8, 4) is 12.1 Å². The van der Waals surface area contributed by atoms with Crippen LogP contribution >= 0.6 is 9.24 Å². The Bertz CT molecular complexity index is 121. The van der Waals surface area contributed by atoms with Gasteiger partial charge in [0.2, 0.25) is 0 Å². The Balaban J connectivity index is 4.00. The van der Waals surface area contributed by atoms with Crippen molar-refractivity contribution in [2.45, 2.75) is 12.1 Å². The fourth-order valence-corrected chi connectivity index (χ4v) is 0.0250. The van der Waals surface area contributed by atoms with Crippen molar-refractivity contribution in [2.24, 2.45) is 0 Å². The van der Waals surface area contributed by atoms with Crippen LogP contribution in [0.4, 0.5) is 0 Å². The molecule has 0 unspecified atom stereocenters. The molecule has 0 aliphatic carbocycles. The van der Waals surface area contributed by atoms with Gasteiger partial charge in [-0.15, -0.1) is 0 Å². The van der Waals surface area contributed by atoms with Crippen molar-refractivity contribution in [1.29, 1.82) is 10.5 Å². The fourth-order valence-electron chi connectivity index (χ4n) is 0.0250. The van der Waals surface area contributed by atoms with Gasteiger partial charge in [0.05, 0.1) is 12.1 Å². The fraction of sp³-hybridized carbons (Fsp3) is 0.500. The topological polar surface area (TPSA) is 47.6 Å². The molecule has 0 saturated carbocycles. The number of rotatable bonds is 0. The Labute approximate surface area is 44.9 Å². The van der Waals surface area contributed by atoms with Gasteiger partial charge in [0, 0.05) is 0 Å². The van der Waals surface area contributed by atoms with E-state index in [0.717, 1.165) is 0 Å². The molecule has 0 amide bonds. The molecule has 0 aromatic rings. The maximum atomic E-state index is 8.07. The molecule has 0 spiro atoms. The highest BCUT2D eigenvalue weighted by Gasteiger charge is 2.13. The van der Waals surface area contributed by atoms with Crippen LogP contribution in [0.1, 0.15) is 6.92 Å². The minimum Gasteiger partial charge on any atom is -0.196 e. The van der Waals surface area contributed by atoms with Gasteiger partial charge in [-0.2, -0.15) is 10.5 Å². The van der Waals surface area contributed by atoms with Crippen LogP contribution in [0.2, 0.25) is 0 Å². The van der Waals surface area contributed by atoms with Crippen LogP contribution in [-0.4, -0.2) is 5.16 Å². The van der Waals surface area contributed by atoms with Crippen LogP contribution in [0.3, 0.4) is 0 Å². The molecule has 7 heavy (non-hydrogen) atoms. The predicted octanol–water partition coefficient (Wildman–Crippen LogP) is 0.935. The van der Waals surface area contributed by atoms with Crippen LogP contribution in [0, 0.1) is 22.7 Å². The largest absolute Gasteiger partial charge is 0.196 e. The van der Waals surface area contributed by atoms with Gasteiger partial charge in [0.1, 0.15) is 0 Å². The number of hydrogen-bond acceptors (Lipinski definition) is 2. The first-order valence-corrected chi connectivity index (χ1v) is 2.20. The lowest BCUT2D eigenvalue weighted by Gasteiger charge is -1.96. The third-order valence-corrected chi connectivity index (χ3v) is 0.671. The summed E-state index contributed by atoms with van der Waals surface area (Å²) < 4.78 is 0. The van der Waals surface area contributed by atoms with Crippen molar-refractivity contribution in [3.05, 3.63) is 0 Å². The molecule has 0 bridgehead atoms. The van der Waals surface area contributed by atoms with Crippen LogP contribution in [-0.2, 0) is 0 Å². The Morgan fingerprint density at radius 1 is 1.43 bits per heavy atom. The van der Waals surface area contributed by atoms with E-state index in [4.69, 9.17) is 10.5 Å². The maximum absolute atomic E-state index is 8.07. The highest BCUT2D eigenvalue weighted by molar-refractivity contribution is 7.20. The van der Waals surface area contributed by atoms with Gasteiger partial charge < -0.3 is 0 Å². The minimum absolute atomic E-state index is 1.00. The average Bonchev–Trinajstić information content (AvgIpc) is 1.68. The monoisotopic (exact) mass is 111 g/mol. The summed E-state index contributed by atoms with van der Waals surface area (Å²) in [5.74, 6) is 0. The van der Waals surface area contributed by atoms with E-state index in [-0.39, 0.29) is 0 Å². The Kier molecular flexibility index (Phi) is 1.75. The standard InChI is InChI=1S/C4H4N2P/c1-4(7,2-5)3-6/h7H,1H3. The quantitative estimate of drug-likeness (QED) is 0.436. The Morgan fingerprint density at radius 3 is 1.71 bits per heavy atom. The first-order valence-electron chi connectivity index (χ1n) is 1.70. The van der Waals surface area contributed by atoms with Crippen molar-refractivity contribution >= 4 is 9.24 Å². The molecule has 0 rings (SSSR count). The average molecular weight is 111 g/mol. The van der Waals surface area contributed by atoms with E-state index in [1.54, 1.807) is 12.1 Å².